The second kappa shape index (κ2) is 9.09. The van der Waals surface area contributed by atoms with Crippen LogP contribution in [0.15, 0.2) is 54.1 Å². The molecule has 0 aromatic heterocycles. The Hall–Kier alpha value is -3.27. The lowest BCUT2D eigenvalue weighted by Gasteiger charge is -2.10. The van der Waals surface area contributed by atoms with Gasteiger partial charge in [-0.15, -0.1) is 0 Å². The molecule has 0 aliphatic rings. The normalized spacial score (nSPS) is 11.8. The van der Waals surface area contributed by atoms with E-state index in [1.54, 1.807) is 30.3 Å². The summed E-state index contributed by atoms with van der Waals surface area (Å²) >= 11 is 0. The number of hydrogen-bond acceptors (Lipinski definition) is 3. The summed E-state index contributed by atoms with van der Waals surface area (Å²) in [6, 6.07) is 12.8. The van der Waals surface area contributed by atoms with E-state index in [0.29, 0.717) is 23.8 Å². The molecule has 0 atom stereocenters. The molecule has 0 spiro atoms. The molecule has 146 valence electrons. The van der Waals surface area contributed by atoms with E-state index in [4.69, 9.17) is 4.74 Å². The molecular weight excluding hydrogens is 369 g/mol. The summed E-state index contributed by atoms with van der Waals surface area (Å²) in [5, 5.41) is 11.6. The third kappa shape index (κ3) is 6.16. The van der Waals surface area contributed by atoms with Gasteiger partial charge in [-0.2, -0.15) is 18.4 Å². The van der Waals surface area contributed by atoms with Gasteiger partial charge in [-0.3, -0.25) is 4.79 Å². The quantitative estimate of drug-likeness (QED) is 0.541. The highest BCUT2D eigenvalue weighted by atomic mass is 19.4. The number of ether oxygens (including phenoxy) is 1. The minimum absolute atomic E-state index is 0.0431. The van der Waals surface area contributed by atoms with Crippen molar-refractivity contribution in [2.45, 2.75) is 20.0 Å². The van der Waals surface area contributed by atoms with Gasteiger partial charge in [0.15, 0.2) is 0 Å². The molecule has 0 bridgehead atoms. The van der Waals surface area contributed by atoms with Crippen LogP contribution >= 0.6 is 0 Å². The summed E-state index contributed by atoms with van der Waals surface area (Å²) in [6.45, 7) is 4.62. The van der Waals surface area contributed by atoms with Gasteiger partial charge in [0.1, 0.15) is 17.4 Å². The van der Waals surface area contributed by atoms with Crippen molar-refractivity contribution >= 4 is 17.7 Å². The smallest absolute Gasteiger partial charge is 0.416 e. The minimum atomic E-state index is -4.52. The lowest BCUT2D eigenvalue weighted by atomic mass is 10.1. The van der Waals surface area contributed by atoms with E-state index < -0.39 is 17.6 Å². The van der Waals surface area contributed by atoms with Crippen molar-refractivity contribution in [3.8, 4) is 11.8 Å². The van der Waals surface area contributed by atoms with E-state index in [-0.39, 0.29) is 11.3 Å². The Morgan fingerprint density at radius 3 is 2.46 bits per heavy atom. The Labute approximate surface area is 161 Å². The highest BCUT2D eigenvalue weighted by molar-refractivity contribution is 6.09. The topological polar surface area (TPSA) is 62.1 Å². The molecule has 0 unspecified atom stereocenters. The van der Waals surface area contributed by atoms with Crippen LogP contribution in [0.1, 0.15) is 25.0 Å². The van der Waals surface area contributed by atoms with Crippen molar-refractivity contribution in [1.29, 1.82) is 5.26 Å². The number of carbonyl (C=O) groups is 1. The van der Waals surface area contributed by atoms with Crippen molar-refractivity contribution < 1.29 is 22.7 Å². The van der Waals surface area contributed by atoms with Crippen molar-refractivity contribution in [3.63, 3.8) is 0 Å². The van der Waals surface area contributed by atoms with Crippen LogP contribution in [0.2, 0.25) is 0 Å². The average molecular weight is 388 g/mol. The predicted molar refractivity (Wildman–Crippen MR) is 100 cm³/mol. The van der Waals surface area contributed by atoms with Gasteiger partial charge in [-0.05, 0) is 47.9 Å². The van der Waals surface area contributed by atoms with Crippen LogP contribution in [-0.4, -0.2) is 12.5 Å². The Kier molecular flexibility index (Phi) is 6.83. The van der Waals surface area contributed by atoms with E-state index in [1.165, 1.54) is 18.2 Å². The fourth-order valence-electron chi connectivity index (χ4n) is 2.21. The standard InChI is InChI=1S/C21H19F3N2O2/c1-14(2)13-28-19-8-6-15(7-9-19)10-16(12-25)20(27)26-18-5-3-4-17(11-18)21(22,23)24/h3-11,14H,13H2,1-2H3,(H,26,27)/b16-10-. The summed E-state index contributed by atoms with van der Waals surface area (Å²) in [5.74, 6) is 0.254. The third-order valence-corrected chi connectivity index (χ3v) is 3.59. The molecule has 1 N–H and O–H groups in total. The number of carbonyl (C=O) groups excluding carboxylic acids is 1. The minimum Gasteiger partial charge on any atom is -0.493 e. The molecule has 2 aromatic rings. The highest BCUT2D eigenvalue weighted by Crippen LogP contribution is 2.30. The van der Waals surface area contributed by atoms with Gasteiger partial charge in [-0.25, -0.2) is 0 Å². The molecule has 0 saturated carbocycles. The first-order chi connectivity index (χ1) is 13.2. The fraction of sp³-hybridized carbons (Fsp3) is 0.238. The number of hydrogen-bond donors (Lipinski definition) is 1. The predicted octanol–water partition coefficient (Wildman–Crippen LogP) is 5.29. The summed E-state index contributed by atoms with van der Waals surface area (Å²) < 4.78 is 43.8. The molecule has 0 saturated heterocycles. The Bertz CT molecular complexity index is 895. The van der Waals surface area contributed by atoms with Crippen LogP contribution in [0, 0.1) is 17.2 Å². The molecule has 2 aromatic carbocycles. The second-order valence-corrected chi connectivity index (χ2v) is 6.48. The SMILES string of the molecule is CC(C)COc1ccc(/C=C(/C#N)C(=O)Nc2cccc(C(F)(F)F)c2)cc1. The number of halogens is 3. The van der Waals surface area contributed by atoms with Crippen LogP contribution in [0.25, 0.3) is 6.08 Å². The highest BCUT2D eigenvalue weighted by Gasteiger charge is 2.30. The molecule has 28 heavy (non-hydrogen) atoms. The first-order valence-corrected chi connectivity index (χ1v) is 8.52. The zero-order valence-electron chi connectivity index (χ0n) is 15.4. The van der Waals surface area contributed by atoms with Crippen molar-refractivity contribution in [2.75, 3.05) is 11.9 Å². The van der Waals surface area contributed by atoms with E-state index >= 15 is 0 Å². The molecule has 2 rings (SSSR count). The number of amides is 1. The molecular formula is C21H19F3N2O2. The summed E-state index contributed by atoms with van der Waals surface area (Å²) in [6.07, 6.45) is -3.16. The molecule has 0 fully saturated rings. The number of nitrogens with zero attached hydrogens (tertiary/aromatic N) is 1. The van der Waals surface area contributed by atoms with Crippen LogP contribution in [0.5, 0.6) is 5.75 Å². The third-order valence-electron chi connectivity index (χ3n) is 3.59. The number of anilines is 1. The number of alkyl halides is 3. The van der Waals surface area contributed by atoms with Gasteiger partial charge in [0.05, 0.1) is 12.2 Å². The largest absolute Gasteiger partial charge is 0.493 e. The van der Waals surface area contributed by atoms with Gasteiger partial charge in [0.25, 0.3) is 5.91 Å². The molecule has 0 radical (unpaired) electrons. The van der Waals surface area contributed by atoms with Crippen LogP contribution < -0.4 is 10.1 Å². The maximum Gasteiger partial charge on any atom is 0.416 e. The van der Waals surface area contributed by atoms with Crippen LogP contribution in [-0.2, 0) is 11.0 Å². The Balaban J connectivity index is 2.12. The summed E-state index contributed by atoms with van der Waals surface area (Å²) in [5.41, 5.74) is -0.566. The second-order valence-electron chi connectivity index (χ2n) is 6.48. The van der Waals surface area contributed by atoms with Gasteiger partial charge >= 0.3 is 6.18 Å². The monoisotopic (exact) mass is 388 g/mol. The molecule has 0 aliphatic heterocycles. The summed E-state index contributed by atoms with van der Waals surface area (Å²) in [4.78, 5) is 12.2. The molecule has 1 amide bonds. The van der Waals surface area contributed by atoms with E-state index in [0.717, 1.165) is 12.1 Å². The van der Waals surface area contributed by atoms with Crippen molar-refractivity contribution in [3.05, 3.63) is 65.2 Å². The zero-order chi connectivity index (χ0) is 20.7. The van der Waals surface area contributed by atoms with Gasteiger partial charge in [0, 0.05) is 5.69 Å². The maximum atomic E-state index is 12.8. The summed E-state index contributed by atoms with van der Waals surface area (Å²) in [7, 11) is 0. The molecule has 4 nitrogen and oxygen atoms in total. The molecule has 7 heteroatoms. The Morgan fingerprint density at radius 1 is 1.21 bits per heavy atom. The average Bonchev–Trinajstić information content (AvgIpc) is 2.64. The molecule has 0 aliphatic carbocycles. The lowest BCUT2D eigenvalue weighted by Crippen LogP contribution is -2.14. The van der Waals surface area contributed by atoms with Crippen molar-refractivity contribution in [1.82, 2.24) is 0 Å². The van der Waals surface area contributed by atoms with Gasteiger partial charge in [-0.1, -0.05) is 32.0 Å². The first-order valence-electron chi connectivity index (χ1n) is 8.52. The van der Waals surface area contributed by atoms with Gasteiger partial charge in [0.2, 0.25) is 0 Å². The van der Waals surface area contributed by atoms with Crippen LogP contribution in [0.4, 0.5) is 18.9 Å². The number of nitrogens with one attached hydrogen (secondary N) is 1. The molecule has 0 heterocycles. The van der Waals surface area contributed by atoms with Gasteiger partial charge < -0.3 is 10.1 Å². The van der Waals surface area contributed by atoms with E-state index in [2.05, 4.69) is 5.32 Å². The number of rotatable bonds is 6. The van der Waals surface area contributed by atoms with E-state index in [9.17, 15) is 23.2 Å². The van der Waals surface area contributed by atoms with Crippen LogP contribution in [0.3, 0.4) is 0 Å². The van der Waals surface area contributed by atoms with E-state index in [1.807, 2.05) is 13.8 Å². The number of nitriles is 1. The Morgan fingerprint density at radius 2 is 1.89 bits per heavy atom. The fourth-order valence-corrected chi connectivity index (χ4v) is 2.21. The lowest BCUT2D eigenvalue weighted by molar-refractivity contribution is -0.137. The van der Waals surface area contributed by atoms with Crippen molar-refractivity contribution in [2.24, 2.45) is 5.92 Å². The maximum absolute atomic E-state index is 12.8. The first kappa shape index (κ1) is 21.0. The number of benzene rings is 2. The zero-order valence-corrected chi connectivity index (χ0v) is 15.4.